The number of likely N-dealkylation sites (N-methyl/N-ethyl adjacent to an activating group) is 1. The van der Waals surface area contributed by atoms with Crippen LogP contribution in [0.15, 0.2) is 0 Å². The Hall–Kier alpha value is -0.610. The van der Waals surface area contributed by atoms with Crippen LogP contribution in [0.4, 0.5) is 0 Å². The van der Waals surface area contributed by atoms with Crippen molar-refractivity contribution >= 4 is 5.91 Å². The molecule has 1 aliphatic rings. The number of carbonyl (C=O) groups is 1. The first-order chi connectivity index (χ1) is 6.22. The molecule has 1 amide bonds. The third-order valence-corrected chi connectivity index (χ3v) is 2.50. The van der Waals surface area contributed by atoms with Crippen molar-refractivity contribution in [2.45, 2.75) is 31.8 Å². The maximum atomic E-state index is 10.6. The molecule has 76 valence electrons. The summed E-state index contributed by atoms with van der Waals surface area (Å²) in [6.07, 6.45) is 2.19. The lowest BCUT2D eigenvalue weighted by Gasteiger charge is -2.10. The summed E-state index contributed by atoms with van der Waals surface area (Å²) in [5, 5.41) is 9.47. The molecule has 0 radical (unpaired) electrons. The molecule has 0 aromatic heterocycles. The van der Waals surface area contributed by atoms with Crippen molar-refractivity contribution in [1.29, 1.82) is 0 Å². The quantitative estimate of drug-likeness (QED) is 0.551. The van der Waals surface area contributed by atoms with Gasteiger partial charge in [0.15, 0.2) is 0 Å². The molecule has 2 atom stereocenters. The fraction of sp³-hybridized carbons (Fsp3) is 0.889. The van der Waals surface area contributed by atoms with E-state index in [1.165, 1.54) is 0 Å². The Labute approximate surface area is 79.5 Å². The van der Waals surface area contributed by atoms with Gasteiger partial charge in [-0.3, -0.25) is 4.79 Å². The first-order valence-electron chi connectivity index (χ1n) is 4.87. The van der Waals surface area contributed by atoms with E-state index in [0.29, 0.717) is 12.1 Å². The van der Waals surface area contributed by atoms with Crippen LogP contribution in [0, 0.1) is 0 Å². The molecule has 13 heavy (non-hydrogen) atoms. The molecule has 1 heterocycles. The minimum Gasteiger partial charge on any atom is -0.356 e. The van der Waals surface area contributed by atoms with Gasteiger partial charge in [0.05, 0.1) is 0 Å². The minimum absolute atomic E-state index is 0.0585. The highest BCUT2D eigenvalue weighted by atomic mass is 16.1. The maximum Gasteiger partial charge on any atom is 0.216 e. The lowest BCUT2D eigenvalue weighted by Crippen LogP contribution is -2.29. The molecule has 0 unspecified atom stereocenters. The van der Waals surface area contributed by atoms with E-state index in [9.17, 15) is 4.79 Å². The molecular weight excluding hydrogens is 166 g/mol. The summed E-state index contributed by atoms with van der Waals surface area (Å²) in [7, 11) is 1.99. The van der Waals surface area contributed by atoms with Crippen LogP contribution in [0.25, 0.3) is 0 Å². The second kappa shape index (κ2) is 5.19. The Kier molecular flexibility index (Phi) is 4.18. The highest BCUT2D eigenvalue weighted by Gasteiger charge is 2.21. The summed E-state index contributed by atoms with van der Waals surface area (Å²) in [5.41, 5.74) is 0. The van der Waals surface area contributed by atoms with E-state index in [2.05, 4.69) is 16.0 Å². The summed E-state index contributed by atoms with van der Waals surface area (Å²) in [6.45, 7) is 3.38. The smallest absolute Gasteiger partial charge is 0.216 e. The minimum atomic E-state index is 0.0585. The largest absolute Gasteiger partial charge is 0.356 e. The topological polar surface area (TPSA) is 53.2 Å². The van der Waals surface area contributed by atoms with Gasteiger partial charge in [-0.25, -0.2) is 0 Å². The molecule has 1 saturated heterocycles. The van der Waals surface area contributed by atoms with Crippen molar-refractivity contribution in [3.05, 3.63) is 0 Å². The van der Waals surface area contributed by atoms with Crippen molar-refractivity contribution in [2.75, 3.05) is 20.1 Å². The van der Waals surface area contributed by atoms with Gasteiger partial charge in [-0.1, -0.05) is 0 Å². The van der Waals surface area contributed by atoms with E-state index >= 15 is 0 Å². The summed E-state index contributed by atoms with van der Waals surface area (Å²) >= 11 is 0. The predicted octanol–water partition coefficient (Wildman–Crippen LogP) is -0.537. The SMILES string of the molecule is CN[C@@H]1CN[C@H](CCNC(C)=O)C1. The van der Waals surface area contributed by atoms with Crippen LogP contribution < -0.4 is 16.0 Å². The van der Waals surface area contributed by atoms with Crippen molar-refractivity contribution in [3.8, 4) is 0 Å². The van der Waals surface area contributed by atoms with E-state index < -0.39 is 0 Å². The van der Waals surface area contributed by atoms with Crippen molar-refractivity contribution in [2.24, 2.45) is 0 Å². The van der Waals surface area contributed by atoms with Gasteiger partial charge in [0.25, 0.3) is 0 Å². The standard InChI is InChI=1S/C9H19N3O/c1-7(13)11-4-3-8-5-9(10-2)6-12-8/h8-10,12H,3-6H2,1-2H3,(H,11,13)/t8-,9+/m1/s1. The predicted molar refractivity (Wildman–Crippen MR) is 52.6 cm³/mol. The maximum absolute atomic E-state index is 10.6. The Morgan fingerprint density at radius 1 is 1.62 bits per heavy atom. The number of carbonyl (C=O) groups excluding carboxylic acids is 1. The molecule has 0 saturated carbocycles. The molecule has 0 bridgehead atoms. The Balaban J connectivity index is 2.07. The third-order valence-electron chi connectivity index (χ3n) is 2.50. The normalized spacial score (nSPS) is 27.5. The van der Waals surface area contributed by atoms with E-state index in [0.717, 1.165) is 25.9 Å². The van der Waals surface area contributed by atoms with Crippen LogP contribution in [-0.2, 0) is 4.79 Å². The average molecular weight is 185 g/mol. The zero-order chi connectivity index (χ0) is 9.68. The highest BCUT2D eigenvalue weighted by Crippen LogP contribution is 2.08. The van der Waals surface area contributed by atoms with Gasteiger partial charge < -0.3 is 16.0 Å². The third kappa shape index (κ3) is 3.74. The fourth-order valence-corrected chi connectivity index (χ4v) is 1.68. The van der Waals surface area contributed by atoms with Crippen LogP contribution in [0.2, 0.25) is 0 Å². The lowest BCUT2D eigenvalue weighted by molar-refractivity contribution is -0.118. The van der Waals surface area contributed by atoms with Crippen LogP contribution in [0.5, 0.6) is 0 Å². The molecule has 0 aromatic carbocycles. The molecule has 3 N–H and O–H groups in total. The second-order valence-corrected chi connectivity index (χ2v) is 3.60. The Bertz CT molecular complexity index is 172. The van der Waals surface area contributed by atoms with E-state index in [4.69, 9.17) is 0 Å². The molecule has 1 rings (SSSR count). The van der Waals surface area contributed by atoms with E-state index in [1.807, 2.05) is 7.05 Å². The number of rotatable bonds is 4. The van der Waals surface area contributed by atoms with Gasteiger partial charge in [-0.15, -0.1) is 0 Å². The van der Waals surface area contributed by atoms with Crippen LogP contribution in [0.1, 0.15) is 19.8 Å². The summed E-state index contributed by atoms with van der Waals surface area (Å²) < 4.78 is 0. The number of nitrogens with one attached hydrogen (secondary N) is 3. The van der Waals surface area contributed by atoms with E-state index in [1.54, 1.807) is 6.92 Å². The molecule has 1 fully saturated rings. The second-order valence-electron chi connectivity index (χ2n) is 3.60. The average Bonchev–Trinajstić information content (AvgIpc) is 2.52. The van der Waals surface area contributed by atoms with Gasteiger partial charge in [0.1, 0.15) is 0 Å². The van der Waals surface area contributed by atoms with Gasteiger partial charge in [0, 0.05) is 32.1 Å². The molecule has 0 aromatic rings. The zero-order valence-electron chi connectivity index (χ0n) is 8.39. The summed E-state index contributed by atoms with van der Waals surface area (Å²) in [6, 6.07) is 1.16. The molecule has 1 aliphatic heterocycles. The lowest BCUT2D eigenvalue weighted by atomic mass is 10.1. The molecule has 4 nitrogen and oxygen atoms in total. The molecule has 0 aliphatic carbocycles. The number of hydrogen-bond donors (Lipinski definition) is 3. The van der Waals surface area contributed by atoms with Crippen molar-refractivity contribution in [3.63, 3.8) is 0 Å². The number of amides is 1. The fourth-order valence-electron chi connectivity index (χ4n) is 1.68. The zero-order valence-corrected chi connectivity index (χ0v) is 8.39. The highest BCUT2D eigenvalue weighted by molar-refractivity contribution is 5.72. The summed E-state index contributed by atoms with van der Waals surface area (Å²) in [5.74, 6) is 0.0585. The van der Waals surface area contributed by atoms with Crippen LogP contribution in [-0.4, -0.2) is 38.1 Å². The monoisotopic (exact) mass is 185 g/mol. The van der Waals surface area contributed by atoms with Crippen molar-refractivity contribution < 1.29 is 4.79 Å². The van der Waals surface area contributed by atoms with Crippen molar-refractivity contribution in [1.82, 2.24) is 16.0 Å². The van der Waals surface area contributed by atoms with Gasteiger partial charge in [-0.2, -0.15) is 0 Å². The van der Waals surface area contributed by atoms with Crippen LogP contribution in [0.3, 0.4) is 0 Å². The molecule has 4 heteroatoms. The first-order valence-corrected chi connectivity index (χ1v) is 4.87. The van der Waals surface area contributed by atoms with Crippen LogP contribution >= 0.6 is 0 Å². The van der Waals surface area contributed by atoms with Gasteiger partial charge in [0.2, 0.25) is 5.91 Å². The first kappa shape index (κ1) is 10.5. The molecule has 0 spiro atoms. The van der Waals surface area contributed by atoms with Gasteiger partial charge in [-0.05, 0) is 19.9 Å². The van der Waals surface area contributed by atoms with E-state index in [-0.39, 0.29) is 5.91 Å². The summed E-state index contributed by atoms with van der Waals surface area (Å²) in [4.78, 5) is 10.6. The van der Waals surface area contributed by atoms with Gasteiger partial charge >= 0.3 is 0 Å². The Morgan fingerprint density at radius 3 is 2.92 bits per heavy atom. The Morgan fingerprint density at radius 2 is 2.38 bits per heavy atom. The molecular formula is C9H19N3O. The number of hydrogen-bond acceptors (Lipinski definition) is 3.